The Balaban J connectivity index is 1.86. The second kappa shape index (κ2) is 9.22. The molecule has 32 heavy (non-hydrogen) atoms. The maximum atomic E-state index is 13.6. The maximum absolute atomic E-state index is 13.6. The van der Waals surface area contributed by atoms with E-state index in [1.165, 1.54) is 27.6 Å². The topological polar surface area (TPSA) is 92.6 Å². The number of benzene rings is 1. The summed E-state index contributed by atoms with van der Waals surface area (Å²) in [4.78, 5) is 37.2. The SMILES string of the molecule is CCCCOc1ccccc1C1C(C(=O)c2sc(C)nc2C)=C(O)C(=O)N1c1nccs1. The zero-order valence-electron chi connectivity index (χ0n) is 18.0. The number of ketones is 1. The minimum absolute atomic E-state index is 0.0171. The van der Waals surface area contributed by atoms with Crippen molar-refractivity contribution in [2.45, 2.75) is 39.7 Å². The minimum atomic E-state index is -0.860. The van der Waals surface area contributed by atoms with Crippen molar-refractivity contribution in [1.82, 2.24) is 9.97 Å². The zero-order valence-corrected chi connectivity index (χ0v) is 19.6. The number of carbonyl (C=O) groups is 2. The van der Waals surface area contributed by atoms with Crippen molar-refractivity contribution in [2.75, 3.05) is 11.5 Å². The number of ether oxygens (including phenoxy) is 1. The smallest absolute Gasteiger partial charge is 0.296 e. The van der Waals surface area contributed by atoms with Crippen LogP contribution in [0.2, 0.25) is 0 Å². The number of carbonyl (C=O) groups excluding carboxylic acids is 2. The molecule has 0 radical (unpaired) electrons. The van der Waals surface area contributed by atoms with Crippen LogP contribution in [0.3, 0.4) is 0 Å². The van der Waals surface area contributed by atoms with E-state index in [0.717, 1.165) is 17.8 Å². The van der Waals surface area contributed by atoms with Gasteiger partial charge in [-0.25, -0.2) is 9.97 Å². The average molecular weight is 470 g/mol. The van der Waals surface area contributed by atoms with Gasteiger partial charge < -0.3 is 9.84 Å². The summed E-state index contributed by atoms with van der Waals surface area (Å²) in [6.07, 6.45) is 3.44. The second-order valence-electron chi connectivity index (χ2n) is 7.37. The van der Waals surface area contributed by atoms with Crippen LogP contribution in [0.4, 0.5) is 5.13 Å². The standard InChI is InChI=1S/C23H23N3O4S2/c1-4-5-11-30-16-9-7-6-8-15(16)18-17(19(27)21-13(2)25-14(3)32-21)20(28)22(29)26(18)23-24-10-12-31-23/h6-10,12,18,28H,4-5,11H2,1-3H3. The van der Waals surface area contributed by atoms with Crippen LogP contribution in [-0.2, 0) is 4.79 Å². The lowest BCUT2D eigenvalue weighted by molar-refractivity contribution is -0.117. The van der Waals surface area contributed by atoms with Crippen LogP contribution in [0.25, 0.3) is 0 Å². The van der Waals surface area contributed by atoms with Gasteiger partial charge in [-0.15, -0.1) is 22.7 Å². The van der Waals surface area contributed by atoms with Crippen LogP contribution in [-0.4, -0.2) is 33.4 Å². The molecule has 9 heteroatoms. The summed E-state index contributed by atoms with van der Waals surface area (Å²) < 4.78 is 6.01. The molecule has 3 heterocycles. The summed E-state index contributed by atoms with van der Waals surface area (Å²) >= 11 is 2.51. The summed E-state index contributed by atoms with van der Waals surface area (Å²) in [5.41, 5.74) is 1.21. The number of aryl methyl sites for hydroxylation is 2. The number of Topliss-reactive ketones (excluding diaryl/α,β-unsaturated/α-hetero) is 1. The number of rotatable bonds is 8. The van der Waals surface area contributed by atoms with E-state index in [4.69, 9.17) is 4.74 Å². The fourth-order valence-corrected chi connectivity index (χ4v) is 5.23. The number of amides is 1. The summed E-state index contributed by atoms with van der Waals surface area (Å²) in [6, 6.07) is 6.44. The first kappa shape index (κ1) is 22.2. The summed E-state index contributed by atoms with van der Waals surface area (Å²) in [5.74, 6) is -1.07. The lowest BCUT2D eigenvalue weighted by atomic mass is 9.94. The lowest BCUT2D eigenvalue weighted by Gasteiger charge is -2.26. The van der Waals surface area contributed by atoms with Crippen molar-refractivity contribution in [1.29, 1.82) is 0 Å². The molecule has 1 aliphatic heterocycles. The van der Waals surface area contributed by atoms with Crippen LogP contribution < -0.4 is 9.64 Å². The van der Waals surface area contributed by atoms with Crippen LogP contribution in [0, 0.1) is 13.8 Å². The molecule has 0 saturated carbocycles. The Kier molecular flexibility index (Phi) is 6.38. The van der Waals surface area contributed by atoms with Crippen molar-refractivity contribution >= 4 is 39.5 Å². The molecule has 7 nitrogen and oxygen atoms in total. The first-order valence-electron chi connectivity index (χ1n) is 10.3. The van der Waals surface area contributed by atoms with Crippen LogP contribution >= 0.6 is 22.7 Å². The second-order valence-corrected chi connectivity index (χ2v) is 9.45. The molecule has 1 unspecified atom stereocenters. The van der Waals surface area contributed by atoms with Crippen molar-refractivity contribution in [2.24, 2.45) is 0 Å². The summed E-state index contributed by atoms with van der Waals surface area (Å²) in [7, 11) is 0. The molecular formula is C23H23N3O4S2. The average Bonchev–Trinajstić information content (AvgIpc) is 3.47. The predicted molar refractivity (Wildman–Crippen MR) is 125 cm³/mol. The number of nitrogens with zero attached hydrogens (tertiary/aromatic N) is 3. The van der Waals surface area contributed by atoms with E-state index < -0.39 is 23.5 Å². The number of para-hydroxylation sites is 1. The van der Waals surface area contributed by atoms with Gasteiger partial charge in [0.15, 0.2) is 10.9 Å². The van der Waals surface area contributed by atoms with Crippen LogP contribution in [0.15, 0.2) is 47.2 Å². The van der Waals surface area contributed by atoms with Gasteiger partial charge in [0, 0.05) is 17.1 Å². The highest BCUT2D eigenvalue weighted by Gasteiger charge is 2.47. The van der Waals surface area contributed by atoms with Gasteiger partial charge in [0.2, 0.25) is 5.78 Å². The number of anilines is 1. The van der Waals surface area contributed by atoms with E-state index in [9.17, 15) is 14.7 Å². The Morgan fingerprint density at radius 3 is 2.72 bits per heavy atom. The van der Waals surface area contributed by atoms with Gasteiger partial charge in [-0.3, -0.25) is 14.5 Å². The Bertz CT molecular complexity index is 1180. The number of aromatic nitrogens is 2. The molecule has 1 atom stereocenters. The number of aliphatic hydroxyl groups is 1. The first-order chi connectivity index (χ1) is 15.4. The van der Waals surface area contributed by atoms with E-state index in [0.29, 0.717) is 33.6 Å². The molecule has 3 aromatic rings. The number of hydrogen-bond acceptors (Lipinski definition) is 8. The highest BCUT2D eigenvalue weighted by Crippen LogP contribution is 2.45. The molecule has 2 aromatic heterocycles. The monoisotopic (exact) mass is 469 g/mol. The molecular weight excluding hydrogens is 446 g/mol. The summed E-state index contributed by atoms with van der Waals surface area (Å²) in [5, 5.41) is 13.8. The minimum Gasteiger partial charge on any atom is -0.503 e. The van der Waals surface area contributed by atoms with E-state index in [-0.39, 0.29) is 5.57 Å². The highest BCUT2D eigenvalue weighted by molar-refractivity contribution is 7.14. The van der Waals surface area contributed by atoms with Crippen molar-refractivity contribution in [3.05, 3.63) is 68.3 Å². The van der Waals surface area contributed by atoms with Gasteiger partial charge in [-0.1, -0.05) is 31.5 Å². The normalized spacial score (nSPS) is 16.2. The van der Waals surface area contributed by atoms with E-state index in [2.05, 4.69) is 16.9 Å². The van der Waals surface area contributed by atoms with Crippen LogP contribution in [0.1, 0.15) is 51.7 Å². The third-order valence-corrected chi connectivity index (χ3v) is 7.00. The molecule has 0 spiro atoms. The molecule has 0 saturated heterocycles. The number of aliphatic hydroxyl groups excluding tert-OH is 1. The van der Waals surface area contributed by atoms with Gasteiger partial charge in [0.05, 0.1) is 27.8 Å². The quantitative estimate of drug-likeness (QED) is 0.361. The highest BCUT2D eigenvalue weighted by atomic mass is 32.1. The first-order valence-corrected chi connectivity index (χ1v) is 12.0. The molecule has 1 aliphatic rings. The molecule has 1 N–H and O–H groups in total. The Morgan fingerprint density at radius 1 is 1.28 bits per heavy atom. The van der Waals surface area contributed by atoms with Gasteiger partial charge in [0.25, 0.3) is 5.91 Å². The van der Waals surface area contributed by atoms with E-state index >= 15 is 0 Å². The van der Waals surface area contributed by atoms with E-state index in [1.54, 1.807) is 18.5 Å². The van der Waals surface area contributed by atoms with Gasteiger partial charge in [-0.05, 0) is 26.3 Å². The van der Waals surface area contributed by atoms with E-state index in [1.807, 2.05) is 31.2 Å². The molecule has 166 valence electrons. The Labute approximate surface area is 194 Å². The zero-order chi connectivity index (χ0) is 22.8. The van der Waals surface area contributed by atoms with Crippen molar-refractivity contribution < 1.29 is 19.4 Å². The van der Waals surface area contributed by atoms with Gasteiger partial charge in [0.1, 0.15) is 11.8 Å². The number of hydrogen-bond donors (Lipinski definition) is 1. The van der Waals surface area contributed by atoms with Crippen LogP contribution in [0.5, 0.6) is 5.75 Å². The molecule has 1 amide bonds. The largest absolute Gasteiger partial charge is 0.503 e. The molecule has 0 aliphatic carbocycles. The van der Waals surface area contributed by atoms with Gasteiger partial charge in [-0.2, -0.15) is 0 Å². The number of unbranched alkanes of at least 4 members (excludes halogenated alkanes) is 1. The fourth-order valence-electron chi connectivity index (χ4n) is 3.69. The third-order valence-electron chi connectivity index (χ3n) is 5.16. The molecule has 0 fully saturated rings. The maximum Gasteiger partial charge on any atom is 0.296 e. The fraction of sp³-hybridized carbons (Fsp3) is 0.304. The molecule has 0 bridgehead atoms. The Morgan fingerprint density at radius 2 is 2.06 bits per heavy atom. The summed E-state index contributed by atoms with van der Waals surface area (Å²) in [6.45, 7) is 6.16. The number of thiazole rings is 2. The lowest BCUT2D eigenvalue weighted by Crippen LogP contribution is -2.31. The molecule has 1 aromatic carbocycles. The predicted octanol–water partition coefficient (Wildman–Crippen LogP) is 5.18. The Hall–Kier alpha value is -3.04. The van der Waals surface area contributed by atoms with Crippen molar-refractivity contribution in [3.63, 3.8) is 0 Å². The third kappa shape index (κ3) is 3.93. The van der Waals surface area contributed by atoms with Gasteiger partial charge >= 0.3 is 0 Å². The molecule has 4 rings (SSSR count). The van der Waals surface area contributed by atoms with Crippen molar-refractivity contribution in [3.8, 4) is 5.75 Å².